The van der Waals surface area contributed by atoms with E-state index in [9.17, 15) is 18.0 Å². The molecule has 1 aromatic carbocycles. The van der Waals surface area contributed by atoms with Gasteiger partial charge in [-0.25, -0.2) is 27.9 Å². The van der Waals surface area contributed by atoms with E-state index in [4.69, 9.17) is 16.7 Å². The van der Waals surface area contributed by atoms with Crippen LogP contribution in [-0.2, 0) is 0 Å². The molecule has 0 aliphatic carbocycles. The summed E-state index contributed by atoms with van der Waals surface area (Å²) in [7, 11) is 0. The zero-order chi connectivity index (χ0) is 18.1. The van der Waals surface area contributed by atoms with Crippen molar-refractivity contribution < 1.29 is 23.1 Å². The molecule has 0 spiro atoms. The summed E-state index contributed by atoms with van der Waals surface area (Å²) < 4.78 is 40.8. The highest BCUT2D eigenvalue weighted by atomic mass is 35.5. The monoisotopic (exact) mass is 373 g/mol. The molecule has 11 heteroatoms. The fraction of sp³-hybridized carbons (Fsp3) is 0.286. The molecule has 1 aromatic heterocycles. The molecule has 132 valence electrons. The van der Waals surface area contributed by atoms with Gasteiger partial charge in [0.1, 0.15) is 12.1 Å². The van der Waals surface area contributed by atoms with Crippen molar-refractivity contribution in [1.82, 2.24) is 20.3 Å². The molecule has 1 aliphatic heterocycles. The number of hydrogen-bond acceptors (Lipinski definition) is 5. The Hall–Kier alpha value is -2.62. The van der Waals surface area contributed by atoms with Gasteiger partial charge in [-0.2, -0.15) is 4.98 Å². The number of hydrogen-bond donors (Lipinski definition) is 2. The molecule has 2 atom stereocenters. The van der Waals surface area contributed by atoms with Crippen molar-refractivity contribution >= 4 is 23.6 Å². The Kier molecular flexibility index (Phi) is 4.62. The molecule has 1 fully saturated rings. The topological polar surface area (TPSA) is 91.2 Å². The molecule has 2 heterocycles. The lowest BCUT2D eigenvalue weighted by Gasteiger charge is -2.19. The Balaban J connectivity index is 1.95. The molecule has 1 saturated heterocycles. The molecule has 0 bridgehead atoms. The molecule has 25 heavy (non-hydrogen) atoms. The van der Waals surface area contributed by atoms with E-state index in [-0.39, 0.29) is 29.9 Å². The normalized spacial score (nSPS) is 19.9. The summed E-state index contributed by atoms with van der Waals surface area (Å²) in [6, 6.07) is 0.383. The van der Waals surface area contributed by atoms with Crippen LogP contribution in [-0.4, -0.2) is 45.3 Å². The number of halogens is 4. The van der Waals surface area contributed by atoms with Crippen molar-refractivity contribution in [3.8, 4) is 0 Å². The molecule has 2 N–H and O–H groups in total. The minimum Gasteiger partial charge on any atom is -0.465 e. The van der Waals surface area contributed by atoms with E-state index in [1.807, 2.05) is 0 Å². The van der Waals surface area contributed by atoms with Crippen LogP contribution in [0.1, 0.15) is 11.5 Å². The molecule has 1 amide bonds. The number of amides is 1. The molecule has 0 radical (unpaired) electrons. The summed E-state index contributed by atoms with van der Waals surface area (Å²) in [4.78, 5) is 24.1. The third kappa shape index (κ3) is 3.58. The first kappa shape index (κ1) is 17.2. The van der Waals surface area contributed by atoms with E-state index in [0.717, 1.165) is 6.07 Å². The Bertz CT molecular complexity index is 825. The first-order valence-electron chi connectivity index (χ1n) is 7.08. The first-order chi connectivity index (χ1) is 11.8. The van der Waals surface area contributed by atoms with E-state index in [1.54, 1.807) is 4.90 Å². The van der Waals surface area contributed by atoms with Crippen molar-refractivity contribution in [2.75, 3.05) is 18.0 Å². The standard InChI is InChI=1S/C14H11ClF3N5O2/c15-12-19-5-20-13(22-12)23-3-7(11(4-23)21-14(24)25)6-1-9(17)10(18)2-8(6)16/h1-2,5,7,11,21H,3-4H2,(H,24,25)/t7-,11+/m1/s1. The van der Waals surface area contributed by atoms with Gasteiger partial charge in [-0.3, -0.25) is 0 Å². The number of carbonyl (C=O) groups is 1. The predicted octanol–water partition coefficient (Wildman–Crippen LogP) is 2.18. The molecular weight excluding hydrogens is 363 g/mol. The summed E-state index contributed by atoms with van der Waals surface area (Å²) in [6.45, 7) is 0.170. The molecular formula is C14H11ClF3N5O2. The highest BCUT2D eigenvalue weighted by Gasteiger charge is 2.38. The van der Waals surface area contributed by atoms with Crippen molar-refractivity contribution in [2.45, 2.75) is 12.0 Å². The first-order valence-corrected chi connectivity index (χ1v) is 7.46. The Morgan fingerprint density at radius 2 is 1.92 bits per heavy atom. The van der Waals surface area contributed by atoms with E-state index < -0.39 is 35.5 Å². The highest BCUT2D eigenvalue weighted by molar-refractivity contribution is 6.28. The number of carboxylic acid groups (broad SMARTS) is 1. The molecule has 2 aromatic rings. The average molecular weight is 374 g/mol. The van der Waals surface area contributed by atoms with Crippen molar-refractivity contribution in [3.05, 3.63) is 46.8 Å². The summed E-state index contributed by atoms with van der Waals surface area (Å²) in [5, 5.41) is 11.2. The Labute approximate surface area is 144 Å². The van der Waals surface area contributed by atoms with Gasteiger partial charge in [0.05, 0.1) is 6.04 Å². The number of aromatic nitrogens is 3. The lowest BCUT2D eigenvalue weighted by atomic mass is 9.93. The van der Waals surface area contributed by atoms with Gasteiger partial charge in [-0.05, 0) is 23.2 Å². The SMILES string of the molecule is O=C(O)N[C@H]1CN(c2ncnc(Cl)n2)C[C@@H]1c1cc(F)c(F)cc1F. The van der Waals surface area contributed by atoms with Crippen LogP contribution in [0.3, 0.4) is 0 Å². The largest absolute Gasteiger partial charge is 0.465 e. The van der Waals surface area contributed by atoms with E-state index >= 15 is 0 Å². The zero-order valence-corrected chi connectivity index (χ0v) is 13.2. The van der Waals surface area contributed by atoms with E-state index in [1.165, 1.54) is 6.33 Å². The predicted molar refractivity (Wildman–Crippen MR) is 81.1 cm³/mol. The van der Waals surface area contributed by atoms with Crippen molar-refractivity contribution in [3.63, 3.8) is 0 Å². The third-order valence-corrected chi connectivity index (χ3v) is 4.06. The van der Waals surface area contributed by atoms with Crippen molar-refractivity contribution in [1.29, 1.82) is 0 Å². The summed E-state index contributed by atoms with van der Waals surface area (Å²) in [5.74, 6) is -4.10. The smallest absolute Gasteiger partial charge is 0.404 e. The number of nitrogens with one attached hydrogen (secondary N) is 1. The maximum atomic E-state index is 14.1. The summed E-state index contributed by atoms with van der Waals surface area (Å²) in [6.07, 6.45) is -0.149. The van der Waals surface area contributed by atoms with Crippen LogP contribution < -0.4 is 10.2 Å². The number of nitrogens with zero attached hydrogens (tertiary/aromatic N) is 4. The molecule has 3 rings (SSSR count). The van der Waals surface area contributed by atoms with Crippen molar-refractivity contribution in [2.24, 2.45) is 0 Å². The van der Waals surface area contributed by atoms with Crippen LogP contribution in [0, 0.1) is 17.5 Å². The number of benzene rings is 1. The number of anilines is 1. The molecule has 7 nitrogen and oxygen atoms in total. The maximum Gasteiger partial charge on any atom is 0.404 e. The van der Waals surface area contributed by atoms with Gasteiger partial charge in [0, 0.05) is 25.1 Å². The lowest BCUT2D eigenvalue weighted by Crippen LogP contribution is -2.39. The fourth-order valence-electron chi connectivity index (χ4n) is 2.83. The lowest BCUT2D eigenvalue weighted by molar-refractivity contribution is 0.189. The van der Waals surface area contributed by atoms with Crippen LogP contribution in [0.4, 0.5) is 23.9 Å². The van der Waals surface area contributed by atoms with Crippen LogP contribution in [0.2, 0.25) is 5.28 Å². The second kappa shape index (κ2) is 6.71. The van der Waals surface area contributed by atoms with Crippen LogP contribution in [0.5, 0.6) is 0 Å². The second-order valence-electron chi connectivity index (χ2n) is 5.41. The molecule has 0 unspecified atom stereocenters. The molecule has 1 aliphatic rings. The van der Waals surface area contributed by atoms with Gasteiger partial charge < -0.3 is 15.3 Å². The van der Waals surface area contributed by atoms with Crippen LogP contribution >= 0.6 is 11.6 Å². The highest BCUT2D eigenvalue weighted by Crippen LogP contribution is 2.32. The summed E-state index contributed by atoms with van der Waals surface area (Å²) in [5.41, 5.74) is -0.139. The van der Waals surface area contributed by atoms with Crippen LogP contribution in [0.25, 0.3) is 0 Å². The Morgan fingerprint density at radius 1 is 1.20 bits per heavy atom. The minimum absolute atomic E-state index is 0.0600. The third-order valence-electron chi connectivity index (χ3n) is 3.88. The van der Waals surface area contributed by atoms with Gasteiger partial charge in [0.2, 0.25) is 11.2 Å². The van der Waals surface area contributed by atoms with Gasteiger partial charge in [0.25, 0.3) is 0 Å². The van der Waals surface area contributed by atoms with Gasteiger partial charge in [-0.1, -0.05) is 0 Å². The van der Waals surface area contributed by atoms with Gasteiger partial charge in [-0.15, -0.1) is 0 Å². The minimum atomic E-state index is -1.33. The van der Waals surface area contributed by atoms with E-state index in [2.05, 4.69) is 20.3 Å². The fourth-order valence-corrected chi connectivity index (χ4v) is 2.95. The van der Waals surface area contributed by atoms with Gasteiger partial charge >= 0.3 is 6.09 Å². The molecule has 0 saturated carbocycles. The quantitative estimate of drug-likeness (QED) is 0.801. The van der Waals surface area contributed by atoms with Gasteiger partial charge in [0.15, 0.2) is 11.6 Å². The second-order valence-corrected chi connectivity index (χ2v) is 5.75. The zero-order valence-electron chi connectivity index (χ0n) is 12.5. The number of rotatable bonds is 3. The summed E-state index contributed by atoms with van der Waals surface area (Å²) >= 11 is 5.71. The maximum absolute atomic E-state index is 14.1. The van der Waals surface area contributed by atoms with E-state index in [0.29, 0.717) is 6.07 Å². The van der Waals surface area contributed by atoms with Crippen LogP contribution in [0.15, 0.2) is 18.5 Å². The Morgan fingerprint density at radius 3 is 2.60 bits per heavy atom. The average Bonchev–Trinajstić information content (AvgIpc) is 2.94.